The van der Waals surface area contributed by atoms with Gasteiger partial charge in [0.15, 0.2) is 0 Å². The molecule has 0 fully saturated rings. The minimum absolute atomic E-state index is 0.151. The van der Waals surface area contributed by atoms with Crippen LogP contribution in [0.3, 0.4) is 0 Å². The van der Waals surface area contributed by atoms with Crippen molar-refractivity contribution in [2.45, 2.75) is 25.8 Å². The predicted octanol–water partition coefficient (Wildman–Crippen LogP) is 6.26. The fourth-order valence-corrected chi connectivity index (χ4v) is 4.60. The summed E-state index contributed by atoms with van der Waals surface area (Å²) in [5.41, 5.74) is 3.71. The number of nitrogens with zero attached hydrogens (tertiary/aromatic N) is 2. The molecule has 0 radical (unpaired) electrons. The van der Waals surface area contributed by atoms with Crippen LogP contribution in [0.4, 0.5) is 0 Å². The van der Waals surface area contributed by atoms with Crippen LogP contribution < -0.4 is 4.74 Å². The highest BCUT2D eigenvalue weighted by atomic mass is 16.5. The van der Waals surface area contributed by atoms with Gasteiger partial charge in [-0.25, -0.2) is 9.78 Å². The van der Waals surface area contributed by atoms with Gasteiger partial charge in [-0.2, -0.15) is 0 Å². The van der Waals surface area contributed by atoms with Gasteiger partial charge in [-0.3, -0.25) is 4.79 Å². The number of carbonyl (C=O) groups is 2. The van der Waals surface area contributed by atoms with E-state index in [0.717, 1.165) is 22.6 Å². The topological polar surface area (TPSA) is 83.6 Å². The Morgan fingerprint density at radius 3 is 2.30 bits per heavy atom. The number of hydrogen-bond acceptors (Lipinski definition) is 6. The van der Waals surface area contributed by atoms with E-state index in [2.05, 4.69) is 4.98 Å². The van der Waals surface area contributed by atoms with Crippen molar-refractivity contribution in [1.29, 1.82) is 0 Å². The van der Waals surface area contributed by atoms with Crippen molar-refractivity contribution in [2.75, 3.05) is 13.7 Å². The molecule has 0 N–H and O–H groups in total. The van der Waals surface area contributed by atoms with Gasteiger partial charge in [0.25, 0.3) is 0 Å². The van der Waals surface area contributed by atoms with Gasteiger partial charge in [0, 0.05) is 30.2 Å². The number of ether oxygens (including phenoxy) is 2. The summed E-state index contributed by atoms with van der Waals surface area (Å²) >= 11 is 0. The van der Waals surface area contributed by atoms with Crippen molar-refractivity contribution in [3.63, 3.8) is 0 Å². The molecule has 5 aromatic rings. The first kappa shape index (κ1) is 26.7. The summed E-state index contributed by atoms with van der Waals surface area (Å²) in [5.74, 6) is 1.53. The number of aryl methyl sites for hydroxylation is 1. The Morgan fingerprint density at radius 1 is 0.900 bits per heavy atom. The summed E-state index contributed by atoms with van der Waals surface area (Å²) in [6.45, 7) is 2.35. The van der Waals surface area contributed by atoms with E-state index in [1.807, 2.05) is 79.7 Å². The number of benzene rings is 3. The molecule has 3 aromatic carbocycles. The number of oxazole rings is 1. The molecule has 7 nitrogen and oxygen atoms in total. The van der Waals surface area contributed by atoms with Crippen LogP contribution in [0, 0.1) is 6.92 Å². The Kier molecular flexibility index (Phi) is 8.21. The van der Waals surface area contributed by atoms with Crippen LogP contribution in [0.25, 0.3) is 11.5 Å². The van der Waals surface area contributed by atoms with Crippen LogP contribution in [-0.4, -0.2) is 35.0 Å². The first-order valence-corrected chi connectivity index (χ1v) is 13.1. The maximum atomic E-state index is 13.1. The average Bonchev–Trinajstić information content (AvgIpc) is 3.63. The Labute approximate surface area is 233 Å². The molecule has 0 saturated heterocycles. The molecular formula is C33H30N2O5. The molecule has 0 aliphatic heterocycles. The maximum absolute atomic E-state index is 13.1. The van der Waals surface area contributed by atoms with Gasteiger partial charge >= 0.3 is 5.97 Å². The van der Waals surface area contributed by atoms with Crippen LogP contribution in [-0.2, 0) is 22.4 Å². The normalized spacial score (nSPS) is 11.7. The van der Waals surface area contributed by atoms with Crippen LogP contribution in [0.15, 0.2) is 108 Å². The lowest BCUT2D eigenvalue weighted by molar-refractivity contribution is -0.144. The van der Waals surface area contributed by atoms with Gasteiger partial charge < -0.3 is 18.5 Å². The average molecular weight is 535 g/mol. The second-order valence-corrected chi connectivity index (χ2v) is 9.37. The zero-order valence-corrected chi connectivity index (χ0v) is 22.4. The molecule has 0 unspecified atom stereocenters. The second-order valence-electron chi connectivity index (χ2n) is 9.37. The summed E-state index contributed by atoms with van der Waals surface area (Å²) in [5, 5.41) is 0. The van der Waals surface area contributed by atoms with E-state index in [4.69, 9.17) is 13.9 Å². The largest absolute Gasteiger partial charge is 0.493 e. The molecule has 40 heavy (non-hydrogen) atoms. The van der Waals surface area contributed by atoms with Crippen molar-refractivity contribution in [2.24, 2.45) is 0 Å². The van der Waals surface area contributed by atoms with Gasteiger partial charge in [0.05, 0.1) is 25.1 Å². The number of ketones is 1. The number of carbonyl (C=O) groups excluding carboxylic acids is 2. The third-order valence-electron chi connectivity index (χ3n) is 6.73. The molecule has 0 spiro atoms. The van der Waals surface area contributed by atoms with Gasteiger partial charge in [-0.15, -0.1) is 0 Å². The molecule has 202 valence electrons. The number of methoxy groups -OCH3 is 1. The zero-order chi connectivity index (χ0) is 27.9. The summed E-state index contributed by atoms with van der Waals surface area (Å²) in [7, 11) is 1.36. The minimum Gasteiger partial charge on any atom is -0.493 e. The summed E-state index contributed by atoms with van der Waals surface area (Å²) in [6.07, 6.45) is 2.71. The van der Waals surface area contributed by atoms with Crippen molar-refractivity contribution in [3.05, 3.63) is 132 Å². The maximum Gasteiger partial charge on any atom is 0.329 e. The lowest BCUT2D eigenvalue weighted by Crippen LogP contribution is -2.25. The molecule has 0 bridgehead atoms. The van der Waals surface area contributed by atoms with E-state index < -0.39 is 12.0 Å². The number of aromatic nitrogens is 2. The summed E-state index contributed by atoms with van der Waals surface area (Å²) in [4.78, 5) is 30.6. The molecule has 2 heterocycles. The highest BCUT2D eigenvalue weighted by molar-refractivity contribution is 6.08. The van der Waals surface area contributed by atoms with Gasteiger partial charge in [-0.05, 0) is 48.9 Å². The van der Waals surface area contributed by atoms with E-state index in [-0.39, 0.29) is 5.78 Å². The van der Waals surface area contributed by atoms with E-state index >= 15 is 0 Å². The van der Waals surface area contributed by atoms with E-state index in [1.165, 1.54) is 7.11 Å². The van der Waals surface area contributed by atoms with Crippen molar-refractivity contribution < 1.29 is 23.5 Å². The monoisotopic (exact) mass is 534 g/mol. The standard InChI is InChI=1S/C33H30N2O5/c1-23-28(34-32(40-23)26-12-7-4-8-13-26)19-21-39-27-17-15-24(16-18-27)22-30(33(37)38-2)35-20-9-14-29(35)31(36)25-10-5-3-6-11-25/h3-18,20,30H,19,21-22H2,1-2H3/t30-/m0/s1. The van der Waals surface area contributed by atoms with Crippen LogP contribution >= 0.6 is 0 Å². The summed E-state index contributed by atoms with van der Waals surface area (Å²) in [6, 6.07) is 29.2. The number of rotatable bonds is 11. The third kappa shape index (κ3) is 6.04. The van der Waals surface area contributed by atoms with Crippen molar-refractivity contribution >= 4 is 11.8 Å². The van der Waals surface area contributed by atoms with E-state index in [0.29, 0.717) is 42.3 Å². The second kappa shape index (κ2) is 12.3. The highest BCUT2D eigenvalue weighted by Gasteiger charge is 2.26. The van der Waals surface area contributed by atoms with E-state index in [9.17, 15) is 9.59 Å². The van der Waals surface area contributed by atoms with Crippen molar-refractivity contribution in [3.8, 4) is 17.2 Å². The predicted molar refractivity (Wildman–Crippen MR) is 151 cm³/mol. The fourth-order valence-electron chi connectivity index (χ4n) is 4.60. The minimum atomic E-state index is -0.691. The third-order valence-corrected chi connectivity index (χ3v) is 6.73. The van der Waals surface area contributed by atoms with Crippen LogP contribution in [0.5, 0.6) is 5.75 Å². The fraction of sp³-hybridized carbons (Fsp3) is 0.182. The van der Waals surface area contributed by atoms with Crippen LogP contribution in [0.1, 0.15) is 39.1 Å². The first-order valence-electron chi connectivity index (χ1n) is 13.1. The smallest absolute Gasteiger partial charge is 0.329 e. The zero-order valence-electron chi connectivity index (χ0n) is 22.4. The van der Waals surface area contributed by atoms with Crippen LogP contribution in [0.2, 0.25) is 0 Å². The van der Waals surface area contributed by atoms with Gasteiger partial charge in [-0.1, -0.05) is 60.7 Å². The molecule has 2 aromatic heterocycles. The Balaban J connectivity index is 1.23. The molecule has 0 aliphatic rings. The lowest BCUT2D eigenvalue weighted by Gasteiger charge is -2.19. The molecule has 1 atom stereocenters. The molecule has 0 saturated carbocycles. The van der Waals surface area contributed by atoms with E-state index in [1.54, 1.807) is 35.0 Å². The Hall–Kier alpha value is -4.91. The highest BCUT2D eigenvalue weighted by Crippen LogP contribution is 2.24. The molecule has 7 heteroatoms. The van der Waals surface area contributed by atoms with Gasteiger partial charge in [0.2, 0.25) is 11.7 Å². The quantitative estimate of drug-likeness (QED) is 0.147. The molecule has 5 rings (SSSR count). The lowest BCUT2D eigenvalue weighted by atomic mass is 10.0. The SMILES string of the molecule is COC(=O)[C@H](Cc1ccc(OCCc2nc(-c3ccccc3)oc2C)cc1)n1cccc1C(=O)c1ccccc1. The molecular weight excluding hydrogens is 504 g/mol. The van der Waals surface area contributed by atoms with Crippen molar-refractivity contribution in [1.82, 2.24) is 9.55 Å². The number of esters is 1. The molecule has 0 aliphatic carbocycles. The Morgan fingerprint density at radius 2 is 1.60 bits per heavy atom. The van der Waals surface area contributed by atoms with Gasteiger partial charge in [0.1, 0.15) is 17.6 Å². The molecule has 0 amide bonds. The number of hydrogen-bond donors (Lipinski definition) is 0. The first-order chi connectivity index (χ1) is 19.5. The Bertz CT molecular complexity index is 1570. The summed E-state index contributed by atoms with van der Waals surface area (Å²) < 4.78 is 18.6.